The summed E-state index contributed by atoms with van der Waals surface area (Å²) in [6.45, 7) is 7.58. The van der Waals surface area contributed by atoms with Crippen molar-refractivity contribution in [2.45, 2.75) is 39.2 Å². The topological polar surface area (TPSA) is 9.23 Å². The van der Waals surface area contributed by atoms with Gasteiger partial charge in [-0.2, -0.15) is 0 Å². The van der Waals surface area contributed by atoms with Gasteiger partial charge in [0.2, 0.25) is 0 Å². The van der Waals surface area contributed by atoms with E-state index in [-0.39, 0.29) is 5.56 Å². The molecule has 1 aliphatic rings. The Bertz CT molecular complexity index is 126. The van der Waals surface area contributed by atoms with Crippen molar-refractivity contribution in [3.63, 3.8) is 0 Å². The first kappa shape index (κ1) is 10.3. The van der Waals surface area contributed by atoms with Crippen molar-refractivity contribution in [2.75, 3.05) is 6.61 Å². The highest BCUT2D eigenvalue weighted by Gasteiger charge is 2.32. The highest BCUT2D eigenvalue weighted by Crippen LogP contribution is 2.33. The summed E-state index contributed by atoms with van der Waals surface area (Å²) in [6.07, 6.45) is 2.48. The van der Waals surface area contributed by atoms with Gasteiger partial charge in [0.1, 0.15) is 5.56 Å². The molecule has 0 aromatic heterocycles. The molecule has 12 heavy (non-hydrogen) atoms. The van der Waals surface area contributed by atoms with Crippen molar-refractivity contribution >= 4 is 11.6 Å². The minimum Gasteiger partial charge on any atom is -0.362 e. The van der Waals surface area contributed by atoms with Crippen LogP contribution in [0.1, 0.15) is 33.6 Å². The summed E-state index contributed by atoms with van der Waals surface area (Å²) in [5.74, 6) is 2.00. The van der Waals surface area contributed by atoms with Gasteiger partial charge in [0.05, 0.1) is 6.61 Å². The molecule has 0 radical (unpaired) electrons. The van der Waals surface area contributed by atoms with E-state index in [4.69, 9.17) is 16.3 Å². The molecule has 1 heterocycles. The Morgan fingerprint density at radius 2 is 2.17 bits per heavy atom. The lowest BCUT2D eigenvalue weighted by Gasteiger charge is -2.17. The van der Waals surface area contributed by atoms with Crippen molar-refractivity contribution in [3.8, 4) is 0 Å². The summed E-state index contributed by atoms with van der Waals surface area (Å²) >= 11 is 6.03. The molecule has 1 aliphatic heterocycles. The van der Waals surface area contributed by atoms with Gasteiger partial charge >= 0.3 is 0 Å². The van der Waals surface area contributed by atoms with Crippen molar-refractivity contribution < 1.29 is 4.74 Å². The molecule has 0 saturated carbocycles. The first-order valence-electron chi connectivity index (χ1n) is 4.87. The lowest BCUT2D eigenvalue weighted by atomic mass is 9.90. The third-order valence-electron chi connectivity index (χ3n) is 2.66. The predicted molar refractivity (Wildman–Crippen MR) is 52.3 cm³/mol. The van der Waals surface area contributed by atoms with E-state index in [2.05, 4.69) is 20.8 Å². The standard InChI is InChI=1S/C10H19ClO/c1-7(2)4-5-9-8(3)6-12-10(9)11/h7-10H,4-6H2,1-3H3. The van der Waals surface area contributed by atoms with Gasteiger partial charge in [0.15, 0.2) is 0 Å². The normalized spacial score (nSPS) is 36.2. The zero-order chi connectivity index (χ0) is 9.14. The van der Waals surface area contributed by atoms with Crippen molar-refractivity contribution in [2.24, 2.45) is 17.8 Å². The molecule has 0 aliphatic carbocycles. The Hall–Kier alpha value is 0.250. The quantitative estimate of drug-likeness (QED) is 0.621. The number of ether oxygens (including phenoxy) is 1. The van der Waals surface area contributed by atoms with E-state index in [1.165, 1.54) is 12.8 Å². The molecule has 0 aromatic rings. The van der Waals surface area contributed by atoms with Gasteiger partial charge in [-0.3, -0.25) is 0 Å². The fourth-order valence-electron chi connectivity index (χ4n) is 1.69. The Balaban J connectivity index is 2.29. The fourth-order valence-corrected chi connectivity index (χ4v) is 2.14. The molecular formula is C10H19ClO. The molecule has 3 unspecified atom stereocenters. The van der Waals surface area contributed by atoms with E-state index < -0.39 is 0 Å². The van der Waals surface area contributed by atoms with E-state index in [1.807, 2.05) is 0 Å². The molecule has 1 saturated heterocycles. The first-order chi connectivity index (χ1) is 5.61. The summed E-state index contributed by atoms with van der Waals surface area (Å²) < 4.78 is 5.38. The molecule has 0 N–H and O–H groups in total. The van der Waals surface area contributed by atoms with Crippen LogP contribution in [0.5, 0.6) is 0 Å². The molecule has 3 atom stereocenters. The minimum atomic E-state index is -0.0289. The molecule has 0 bridgehead atoms. The van der Waals surface area contributed by atoms with E-state index in [9.17, 15) is 0 Å². The van der Waals surface area contributed by atoms with E-state index in [0.717, 1.165) is 12.5 Å². The maximum absolute atomic E-state index is 6.03. The lowest BCUT2D eigenvalue weighted by molar-refractivity contribution is 0.148. The van der Waals surface area contributed by atoms with Crippen LogP contribution in [0, 0.1) is 17.8 Å². The summed E-state index contributed by atoms with van der Waals surface area (Å²) in [5.41, 5.74) is -0.0289. The van der Waals surface area contributed by atoms with Crippen LogP contribution in [-0.2, 0) is 4.74 Å². The predicted octanol–water partition coefficient (Wildman–Crippen LogP) is 3.27. The van der Waals surface area contributed by atoms with Crippen LogP contribution in [0.3, 0.4) is 0 Å². The monoisotopic (exact) mass is 190 g/mol. The van der Waals surface area contributed by atoms with Crippen LogP contribution >= 0.6 is 11.6 Å². The molecule has 2 heteroatoms. The number of rotatable bonds is 3. The maximum Gasteiger partial charge on any atom is 0.134 e. The Kier molecular flexibility index (Phi) is 3.85. The van der Waals surface area contributed by atoms with Crippen molar-refractivity contribution in [3.05, 3.63) is 0 Å². The highest BCUT2D eigenvalue weighted by molar-refractivity contribution is 6.20. The van der Waals surface area contributed by atoms with Gasteiger partial charge in [-0.15, -0.1) is 0 Å². The van der Waals surface area contributed by atoms with Crippen LogP contribution in [0.15, 0.2) is 0 Å². The molecule has 1 fully saturated rings. The van der Waals surface area contributed by atoms with Gasteiger partial charge in [-0.25, -0.2) is 0 Å². The van der Waals surface area contributed by atoms with Crippen LogP contribution in [-0.4, -0.2) is 12.2 Å². The summed E-state index contributed by atoms with van der Waals surface area (Å²) in [6, 6.07) is 0. The van der Waals surface area contributed by atoms with Gasteiger partial charge in [0.25, 0.3) is 0 Å². The van der Waals surface area contributed by atoms with Crippen molar-refractivity contribution in [1.29, 1.82) is 0 Å². The Labute approximate surface area is 80.4 Å². The minimum absolute atomic E-state index is 0.0289. The molecule has 72 valence electrons. The highest BCUT2D eigenvalue weighted by atomic mass is 35.5. The van der Waals surface area contributed by atoms with E-state index >= 15 is 0 Å². The SMILES string of the molecule is CC(C)CCC1C(C)COC1Cl. The van der Waals surface area contributed by atoms with Crippen LogP contribution < -0.4 is 0 Å². The summed E-state index contributed by atoms with van der Waals surface area (Å²) in [5, 5.41) is 0. The van der Waals surface area contributed by atoms with E-state index in [0.29, 0.717) is 11.8 Å². The third-order valence-corrected chi connectivity index (χ3v) is 3.11. The number of hydrogen-bond donors (Lipinski definition) is 0. The van der Waals surface area contributed by atoms with Gasteiger partial charge in [-0.05, 0) is 18.3 Å². The van der Waals surface area contributed by atoms with Gasteiger partial charge in [-0.1, -0.05) is 38.8 Å². The van der Waals surface area contributed by atoms with Crippen molar-refractivity contribution in [1.82, 2.24) is 0 Å². The van der Waals surface area contributed by atoms with Crippen LogP contribution in [0.4, 0.5) is 0 Å². The third kappa shape index (κ3) is 2.63. The second-order valence-corrected chi connectivity index (χ2v) is 4.73. The zero-order valence-electron chi connectivity index (χ0n) is 8.22. The summed E-state index contributed by atoms with van der Waals surface area (Å²) in [4.78, 5) is 0. The van der Waals surface area contributed by atoms with Crippen LogP contribution in [0.25, 0.3) is 0 Å². The second kappa shape index (κ2) is 4.48. The molecule has 0 amide bonds. The van der Waals surface area contributed by atoms with Gasteiger partial charge in [0, 0.05) is 5.92 Å². The molecule has 1 rings (SSSR count). The average molecular weight is 191 g/mol. The second-order valence-electron chi connectivity index (χ2n) is 4.30. The van der Waals surface area contributed by atoms with E-state index in [1.54, 1.807) is 0 Å². The largest absolute Gasteiger partial charge is 0.362 e. The molecule has 1 nitrogen and oxygen atoms in total. The average Bonchev–Trinajstić information content (AvgIpc) is 2.28. The smallest absolute Gasteiger partial charge is 0.134 e. The lowest BCUT2D eigenvalue weighted by Crippen LogP contribution is -2.14. The number of hydrogen-bond acceptors (Lipinski definition) is 1. The Morgan fingerprint density at radius 1 is 1.50 bits per heavy atom. The molecule has 0 aromatic carbocycles. The first-order valence-corrected chi connectivity index (χ1v) is 5.30. The fraction of sp³-hybridized carbons (Fsp3) is 1.00. The number of halogens is 1. The molecular weight excluding hydrogens is 172 g/mol. The molecule has 0 spiro atoms. The maximum atomic E-state index is 6.03. The van der Waals surface area contributed by atoms with Crippen LogP contribution in [0.2, 0.25) is 0 Å². The van der Waals surface area contributed by atoms with Gasteiger partial charge < -0.3 is 4.74 Å². The number of alkyl halides is 1. The Morgan fingerprint density at radius 3 is 2.58 bits per heavy atom. The summed E-state index contributed by atoms with van der Waals surface area (Å²) in [7, 11) is 0. The zero-order valence-corrected chi connectivity index (χ0v) is 8.97.